The van der Waals surface area contributed by atoms with E-state index in [1.165, 1.54) is 0 Å². The second-order valence-corrected chi connectivity index (χ2v) is 4.44. The molecule has 0 aromatic rings. The van der Waals surface area contributed by atoms with Gasteiger partial charge in [0.05, 0.1) is 5.92 Å². The van der Waals surface area contributed by atoms with Crippen molar-refractivity contribution in [2.75, 3.05) is 6.54 Å². The number of carbonyl (C=O) groups excluding carboxylic acids is 2. The highest BCUT2D eigenvalue weighted by atomic mass is 16.2. The van der Waals surface area contributed by atoms with E-state index in [1.807, 2.05) is 0 Å². The largest absolute Gasteiger partial charge is 0.319 e. The van der Waals surface area contributed by atoms with Crippen LogP contribution < -0.4 is 0 Å². The van der Waals surface area contributed by atoms with Gasteiger partial charge in [0.2, 0.25) is 5.91 Å². The zero-order valence-corrected chi connectivity index (χ0v) is 8.95. The number of hydrogen-bond acceptors (Lipinski definition) is 2. The second-order valence-electron chi connectivity index (χ2n) is 4.44. The molecular formula is C12H17NO2. The van der Waals surface area contributed by atoms with Crippen molar-refractivity contribution in [2.45, 2.75) is 32.1 Å². The number of amides is 1. The number of carbonyl (C=O) groups is 2. The zero-order chi connectivity index (χ0) is 10.8. The molecule has 2 aliphatic rings. The first-order valence-electron chi connectivity index (χ1n) is 5.71. The Bertz CT molecular complexity index is 294. The van der Waals surface area contributed by atoms with Crippen molar-refractivity contribution < 1.29 is 9.59 Å². The molecule has 0 unspecified atom stereocenters. The quantitative estimate of drug-likeness (QED) is 0.661. The molecule has 82 valence electrons. The molecule has 1 atom stereocenters. The minimum Gasteiger partial charge on any atom is -0.319 e. The van der Waals surface area contributed by atoms with Gasteiger partial charge in [-0.05, 0) is 31.9 Å². The molecule has 0 N–H and O–H groups in total. The fourth-order valence-corrected chi connectivity index (χ4v) is 2.16. The molecule has 1 saturated carbocycles. The van der Waals surface area contributed by atoms with Crippen molar-refractivity contribution in [1.29, 1.82) is 0 Å². The van der Waals surface area contributed by atoms with Gasteiger partial charge >= 0.3 is 0 Å². The van der Waals surface area contributed by atoms with Gasteiger partial charge in [-0.1, -0.05) is 13.0 Å². The van der Waals surface area contributed by atoms with E-state index in [9.17, 15) is 9.59 Å². The molecule has 3 heteroatoms. The van der Waals surface area contributed by atoms with Crippen LogP contribution in [-0.4, -0.2) is 23.1 Å². The lowest BCUT2D eigenvalue weighted by Gasteiger charge is -2.19. The number of likely N-dealkylation sites (tertiary alicyclic amines) is 1. The average Bonchev–Trinajstić information content (AvgIpc) is 3.04. The summed E-state index contributed by atoms with van der Waals surface area (Å²) < 4.78 is 0. The molecule has 0 aromatic heterocycles. The maximum Gasteiger partial charge on any atom is 0.237 e. The summed E-state index contributed by atoms with van der Waals surface area (Å²) in [5.74, 6) is -0.0464. The van der Waals surface area contributed by atoms with Gasteiger partial charge in [-0.25, -0.2) is 0 Å². The number of Topliss-reactive ketones (excluding diaryl/α,β-unsaturated/α-hetero) is 1. The lowest BCUT2D eigenvalue weighted by atomic mass is 9.94. The molecule has 0 spiro atoms. The summed E-state index contributed by atoms with van der Waals surface area (Å²) >= 11 is 0. The lowest BCUT2D eigenvalue weighted by molar-refractivity contribution is -0.139. The highest BCUT2D eigenvalue weighted by molar-refractivity contribution is 6.03. The lowest BCUT2D eigenvalue weighted by Crippen LogP contribution is -2.35. The summed E-state index contributed by atoms with van der Waals surface area (Å²) in [5.41, 5.74) is 0. The Balaban J connectivity index is 2.10. The van der Waals surface area contributed by atoms with E-state index in [0.717, 1.165) is 38.6 Å². The summed E-state index contributed by atoms with van der Waals surface area (Å²) in [4.78, 5) is 25.5. The molecule has 0 aromatic carbocycles. The van der Waals surface area contributed by atoms with Crippen molar-refractivity contribution in [3.63, 3.8) is 0 Å². The van der Waals surface area contributed by atoms with Crippen molar-refractivity contribution in [3.05, 3.63) is 12.8 Å². The van der Waals surface area contributed by atoms with Crippen LogP contribution in [0.3, 0.4) is 0 Å². The standard InChI is InChI=1S/C12H17NO2/c1-2-13-8-4-3-5-10(12(13)15)11(14)9-6-7-9/h2,9-10H,1,3-8H2/t10-/m1/s1. The van der Waals surface area contributed by atoms with E-state index >= 15 is 0 Å². The van der Waals surface area contributed by atoms with Crippen LogP contribution >= 0.6 is 0 Å². The van der Waals surface area contributed by atoms with Crippen LogP contribution in [0.5, 0.6) is 0 Å². The molecule has 3 nitrogen and oxygen atoms in total. The Labute approximate surface area is 90.1 Å². The Kier molecular flexibility index (Phi) is 2.89. The monoisotopic (exact) mass is 207 g/mol. The summed E-state index contributed by atoms with van der Waals surface area (Å²) in [7, 11) is 0. The highest BCUT2D eigenvalue weighted by Crippen LogP contribution is 2.35. The Morgan fingerprint density at radius 3 is 2.67 bits per heavy atom. The summed E-state index contributed by atoms with van der Waals surface area (Å²) in [6.07, 6.45) is 6.21. The van der Waals surface area contributed by atoms with Gasteiger partial charge in [0.25, 0.3) is 0 Å². The van der Waals surface area contributed by atoms with Crippen LogP contribution in [0.1, 0.15) is 32.1 Å². The average molecular weight is 207 g/mol. The van der Waals surface area contributed by atoms with Crippen LogP contribution in [0.15, 0.2) is 12.8 Å². The van der Waals surface area contributed by atoms with Crippen LogP contribution in [0.25, 0.3) is 0 Å². The number of rotatable bonds is 3. The first kappa shape index (κ1) is 10.4. The minimum absolute atomic E-state index is 0.0283. The molecule has 0 bridgehead atoms. The molecule has 1 saturated heterocycles. The number of ketones is 1. The van der Waals surface area contributed by atoms with Crippen molar-refractivity contribution in [3.8, 4) is 0 Å². The Morgan fingerprint density at radius 1 is 1.33 bits per heavy atom. The van der Waals surface area contributed by atoms with Crippen LogP contribution in [0, 0.1) is 11.8 Å². The second kappa shape index (κ2) is 4.17. The third-order valence-corrected chi connectivity index (χ3v) is 3.27. The predicted molar refractivity (Wildman–Crippen MR) is 57.0 cm³/mol. The van der Waals surface area contributed by atoms with E-state index in [-0.39, 0.29) is 23.5 Å². The van der Waals surface area contributed by atoms with Crippen LogP contribution in [0.4, 0.5) is 0 Å². The number of hydrogen-bond donors (Lipinski definition) is 0. The normalized spacial score (nSPS) is 27.3. The first-order chi connectivity index (χ1) is 7.24. The highest BCUT2D eigenvalue weighted by Gasteiger charge is 2.39. The van der Waals surface area contributed by atoms with Gasteiger partial charge in [0, 0.05) is 12.5 Å². The van der Waals surface area contributed by atoms with Gasteiger partial charge in [-0.2, -0.15) is 0 Å². The van der Waals surface area contributed by atoms with Gasteiger partial charge in [-0.3, -0.25) is 9.59 Å². The van der Waals surface area contributed by atoms with Gasteiger partial charge < -0.3 is 4.90 Å². The molecule has 2 fully saturated rings. The first-order valence-corrected chi connectivity index (χ1v) is 5.71. The van der Waals surface area contributed by atoms with Gasteiger partial charge in [0.15, 0.2) is 0 Å². The summed E-state index contributed by atoms with van der Waals surface area (Å²) in [5, 5.41) is 0. The van der Waals surface area contributed by atoms with E-state index in [4.69, 9.17) is 0 Å². The fraction of sp³-hybridized carbons (Fsp3) is 0.667. The van der Waals surface area contributed by atoms with E-state index in [0.29, 0.717) is 0 Å². The number of nitrogens with zero attached hydrogens (tertiary/aromatic N) is 1. The van der Waals surface area contributed by atoms with Crippen molar-refractivity contribution >= 4 is 11.7 Å². The van der Waals surface area contributed by atoms with Crippen LogP contribution in [-0.2, 0) is 9.59 Å². The molecule has 0 radical (unpaired) electrons. The molecule has 1 amide bonds. The molecule has 15 heavy (non-hydrogen) atoms. The summed E-state index contributed by atoms with van der Waals surface area (Å²) in [6, 6.07) is 0. The van der Waals surface area contributed by atoms with Gasteiger partial charge in [0.1, 0.15) is 5.78 Å². The minimum atomic E-state index is -0.377. The van der Waals surface area contributed by atoms with E-state index in [1.54, 1.807) is 11.1 Å². The fourth-order valence-electron chi connectivity index (χ4n) is 2.16. The molecule has 1 aliphatic heterocycles. The van der Waals surface area contributed by atoms with Crippen molar-refractivity contribution in [1.82, 2.24) is 4.90 Å². The van der Waals surface area contributed by atoms with Gasteiger partial charge in [-0.15, -0.1) is 0 Å². The third kappa shape index (κ3) is 2.11. The van der Waals surface area contributed by atoms with E-state index < -0.39 is 0 Å². The molecule has 2 rings (SSSR count). The molecule has 1 heterocycles. The van der Waals surface area contributed by atoms with Crippen molar-refractivity contribution in [2.24, 2.45) is 11.8 Å². The summed E-state index contributed by atoms with van der Waals surface area (Å²) in [6.45, 7) is 4.34. The predicted octanol–water partition coefficient (Wildman–Crippen LogP) is 1.74. The topological polar surface area (TPSA) is 37.4 Å². The van der Waals surface area contributed by atoms with E-state index in [2.05, 4.69) is 6.58 Å². The smallest absolute Gasteiger partial charge is 0.237 e. The maximum atomic E-state index is 12.0. The SMILES string of the molecule is C=CN1CCCC[C@H](C(=O)C2CC2)C1=O. The molecular weight excluding hydrogens is 190 g/mol. The maximum absolute atomic E-state index is 12.0. The molecule has 1 aliphatic carbocycles. The Hall–Kier alpha value is -1.12. The van der Waals surface area contributed by atoms with Crippen LogP contribution in [0.2, 0.25) is 0 Å². The third-order valence-electron chi connectivity index (χ3n) is 3.27. The Morgan fingerprint density at radius 2 is 2.07 bits per heavy atom. The zero-order valence-electron chi connectivity index (χ0n) is 8.95.